The van der Waals surface area contributed by atoms with Gasteiger partial charge in [-0.2, -0.15) is 0 Å². The van der Waals surface area contributed by atoms with Gasteiger partial charge >= 0.3 is 6.09 Å². The molecule has 0 aliphatic rings. The average Bonchev–Trinajstić information content (AvgIpc) is 2.92. The molecule has 0 saturated carbocycles. The highest BCUT2D eigenvalue weighted by atomic mass is 16.5. The third-order valence-electron chi connectivity index (χ3n) is 5.77. The number of carbonyl (C=O) groups is 2. The molecule has 1 amide bonds. The molecule has 5 heteroatoms. The normalized spacial score (nSPS) is 11.4. The summed E-state index contributed by atoms with van der Waals surface area (Å²) >= 11 is 0. The second-order valence-corrected chi connectivity index (χ2v) is 8.55. The number of carbonyl (C=O) groups excluding carboxylic acids is 2. The molecule has 4 aromatic carbocycles. The van der Waals surface area contributed by atoms with Crippen LogP contribution in [0, 0.1) is 0 Å². The third kappa shape index (κ3) is 7.06. The molecule has 36 heavy (non-hydrogen) atoms. The van der Waals surface area contributed by atoms with E-state index in [4.69, 9.17) is 9.47 Å². The van der Waals surface area contributed by atoms with E-state index in [1.165, 1.54) is 0 Å². The summed E-state index contributed by atoms with van der Waals surface area (Å²) in [5, 5.41) is 2.63. The lowest BCUT2D eigenvalue weighted by Crippen LogP contribution is -2.38. The number of rotatable bonds is 10. The average molecular weight is 480 g/mol. The van der Waals surface area contributed by atoms with Crippen molar-refractivity contribution >= 4 is 11.9 Å². The Morgan fingerprint density at radius 3 is 1.89 bits per heavy atom. The van der Waals surface area contributed by atoms with Crippen LogP contribution in [0.4, 0.5) is 4.79 Å². The van der Waals surface area contributed by atoms with Gasteiger partial charge in [0.05, 0.1) is 6.04 Å². The minimum atomic E-state index is -0.754. The lowest BCUT2D eigenvalue weighted by Gasteiger charge is -2.16. The van der Waals surface area contributed by atoms with Gasteiger partial charge in [-0.3, -0.25) is 4.79 Å². The maximum Gasteiger partial charge on any atom is 0.408 e. The Morgan fingerprint density at radius 1 is 0.722 bits per heavy atom. The van der Waals surface area contributed by atoms with E-state index in [-0.39, 0.29) is 12.4 Å². The number of Topliss-reactive ketones (excluding diaryl/α,β-unsaturated/α-hetero) is 1. The van der Waals surface area contributed by atoms with Crippen molar-refractivity contribution in [1.82, 2.24) is 5.32 Å². The van der Waals surface area contributed by atoms with Crippen LogP contribution in [0.2, 0.25) is 0 Å². The maximum absolute atomic E-state index is 13.1. The van der Waals surface area contributed by atoms with Crippen molar-refractivity contribution in [3.05, 3.63) is 137 Å². The highest BCUT2D eigenvalue weighted by Crippen LogP contribution is 2.25. The molecule has 1 atom stereocenters. The van der Waals surface area contributed by atoms with Crippen molar-refractivity contribution in [2.75, 3.05) is 0 Å². The van der Waals surface area contributed by atoms with Crippen LogP contribution < -0.4 is 10.1 Å². The molecule has 4 aromatic rings. The van der Waals surface area contributed by atoms with Crippen LogP contribution in [-0.4, -0.2) is 17.9 Å². The lowest BCUT2D eigenvalue weighted by atomic mass is 9.99. The summed E-state index contributed by atoms with van der Waals surface area (Å²) in [5.74, 6) is 0.426. The van der Waals surface area contributed by atoms with Crippen LogP contribution in [0.5, 0.6) is 5.75 Å². The quantitative estimate of drug-likeness (QED) is 0.269. The van der Waals surface area contributed by atoms with Crippen LogP contribution in [0.1, 0.15) is 39.5 Å². The molecule has 0 spiro atoms. The standard InChI is InChI=1S/C31H29NO4/c1-23(32-31(34)36-22-26-15-9-4-10-16-26)30(33)28-18-17-27(19-24-11-5-2-6-12-24)29(20-28)35-21-25-13-7-3-8-14-25/h2-18,20,23H,19,21-22H2,1H3,(H,32,34)/t23-/m0/s1. The van der Waals surface area contributed by atoms with Crippen LogP contribution >= 0.6 is 0 Å². The van der Waals surface area contributed by atoms with Crippen molar-refractivity contribution < 1.29 is 19.1 Å². The maximum atomic E-state index is 13.1. The van der Waals surface area contributed by atoms with Gasteiger partial charge in [0.1, 0.15) is 19.0 Å². The highest BCUT2D eigenvalue weighted by Gasteiger charge is 2.20. The number of nitrogens with one attached hydrogen (secondary N) is 1. The van der Waals surface area contributed by atoms with Gasteiger partial charge in [-0.1, -0.05) is 103 Å². The van der Waals surface area contributed by atoms with Gasteiger partial charge in [0.2, 0.25) is 0 Å². The van der Waals surface area contributed by atoms with E-state index >= 15 is 0 Å². The van der Waals surface area contributed by atoms with E-state index in [1.54, 1.807) is 19.1 Å². The molecule has 4 rings (SSSR count). The number of amides is 1. The monoisotopic (exact) mass is 479 g/mol. The van der Waals surface area contributed by atoms with Crippen LogP contribution in [0.25, 0.3) is 0 Å². The van der Waals surface area contributed by atoms with Gasteiger partial charge < -0.3 is 14.8 Å². The molecule has 0 bridgehead atoms. The SMILES string of the molecule is C[C@H](NC(=O)OCc1ccccc1)C(=O)c1ccc(Cc2ccccc2)c(OCc2ccccc2)c1. The minimum Gasteiger partial charge on any atom is -0.489 e. The van der Waals surface area contributed by atoms with Gasteiger partial charge in [0, 0.05) is 12.0 Å². The van der Waals surface area contributed by atoms with Crippen LogP contribution in [-0.2, 0) is 24.4 Å². The molecule has 182 valence electrons. The Labute approximate surface area is 211 Å². The molecule has 0 saturated heterocycles. The molecule has 0 unspecified atom stereocenters. The molecule has 0 aromatic heterocycles. The predicted molar refractivity (Wildman–Crippen MR) is 140 cm³/mol. The molecule has 0 aliphatic carbocycles. The predicted octanol–water partition coefficient (Wildman–Crippen LogP) is 6.35. The first-order valence-electron chi connectivity index (χ1n) is 11.9. The number of ether oxygens (including phenoxy) is 2. The molecule has 0 fully saturated rings. The molecule has 0 heterocycles. The molecule has 0 radical (unpaired) electrons. The second kappa shape index (κ2) is 12.4. The molecule has 5 nitrogen and oxygen atoms in total. The highest BCUT2D eigenvalue weighted by molar-refractivity contribution is 6.01. The molecule has 0 aliphatic heterocycles. The van der Waals surface area contributed by atoms with Crippen molar-refractivity contribution in [3.63, 3.8) is 0 Å². The number of ketones is 1. The van der Waals surface area contributed by atoms with E-state index in [0.717, 1.165) is 22.3 Å². The smallest absolute Gasteiger partial charge is 0.408 e. The van der Waals surface area contributed by atoms with Crippen molar-refractivity contribution in [2.24, 2.45) is 0 Å². The molecular formula is C31H29NO4. The fourth-order valence-corrected chi connectivity index (χ4v) is 3.80. The fraction of sp³-hybridized carbons (Fsp3) is 0.161. The van der Waals surface area contributed by atoms with E-state index in [9.17, 15) is 9.59 Å². The first-order valence-corrected chi connectivity index (χ1v) is 11.9. The Morgan fingerprint density at radius 2 is 1.28 bits per heavy atom. The van der Waals surface area contributed by atoms with E-state index in [1.807, 2.05) is 84.9 Å². The van der Waals surface area contributed by atoms with Gasteiger partial charge in [0.25, 0.3) is 0 Å². The van der Waals surface area contributed by atoms with Gasteiger partial charge in [-0.15, -0.1) is 0 Å². The van der Waals surface area contributed by atoms with E-state index in [0.29, 0.717) is 24.3 Å². The zero-order valence-corrected chi connectivity index (χ0v) is 20.2. The number of alkyl carbamates (subject to hydrolysis) is 1. The second-order valence-electron chi connectivity index (χ2n) is 8.55. The summed E-state index contributed by atoms with van der Waals surface area (Å²) < 4.78 is 11.4. The fourth-order valence-electron chi connectivity index (χ4n) is 3.80. The van der Waals surface area contributed by atoms with E-state index in [2.05, 4.69) is 17.4 Å². The van der Waals surface area contributed by atoms with Crippen molar-refractivity contribution in [2.45, 2.75) is 32.6 Å². The Balaban J connectivity index is 1.45. The summed E-state index contributed by atoms with van der Waals surface area (Å²) in [6.45, 7) is 2.17. The van der Waals surface area contributed by atoms with Crippen molar-refractivity contribution in [3.8, 4) is 5.75 Å². The summed E-state index contributed by atoms with van der Waals surface area (Å²) in [4.78, 5) is 25.4. The minimum absolute atomic E-state index is 0.138. The first-order chi connectivity index (χ1) is 17.6. The van der Waals surface area contributed by atoms with Gasteiger partial charge in [-0.25, -0.2) is 4.79 Å². The Hall–Kier alpha value is -4.38. The summed E-state index contributed by atoms with van der Waals surface area (Å²) in [7, 11) is 0. The van der Waals surface area contributed by atoms with Gasteiger partial charge in [-0.05, 0) is 35.2 Å². The number of benzene rings is 4. The van der Waals surface area contributed by atoms with Crippen LogP contribution in [0.15, 0.2) is 109 Å². The summed E-state index contributed by atoms with van der Waals surface area (Å²) in [6, 6.07) is 34.1. The topological polar surface area (TPSA) is 64.6 Å². The zero-order chi connectivity index (χ0) is 25.2. The van der Waals surface area contributed by atoms with Crippen molar-refractivity contribution in [1.29, 1.82) is 0 Å². The summed E-state index contributed by atoms with van der Waals surface area (Å²) in [6.07, 6.45) is 0.0416. The first kappa shape index (κ1) is 24.7. The Bertz CT molecular complexity index is 1270. The largest absolute Gasteiger partial charge is 0.489 e. The van der Waals surface area contributed by atoms with Gasteiger partial charge in [0.15, 0.2) is 5.78 Å². The third-order valence-corrected chi connectivity index (χ3v) is 5.77. The number of hydrogen-bond acceptors (Lipinski definition) is 4. The number of hydrogen-bond donors (Lipinski definition) is 1. The Kier molecular flexibility index (Phi) is 8.49. The zero-order valence-electron chi connectivity index (χ0n) is 20.2. The van der Waals surface area contributed by atoms with E-state index < -0.39 is 12.1 Å². The van der Waals surface area contributed by atoms with Crippen LogP contribution in [0.3, 0.4) is 0 Å². The lowest BCUT2D eigenvalue weighted by molar-refractivity contribution is 0.0926. The molecule has 1 N–H and O–H groups in total. The summed E-state index contributed by atoms with van der Waals surface area (Å²) in [5.41, 5.74) is 4.51. The molecular weight excluding hydrogens is 450 g/mol.